The molecule has 20 heavy (non-hydrogen) atoms. The molecule has 0 aliphatic heterocycles. The summed E-state index contributed by atoms with van der Waals surface area (Å²) in [7, 11) is 0. The molecule has 0 atom stereocenters. The number of hydrogen-bond donors (Lipinski definition) is 2. The third kappa shape index (κ3) is 4.98. The van der Waals surface area contributed by atoms with E-state index in [2.05, 4.69) is 52.6 Å². The molecule has 1 aromatic rings. The van der Waals surface area contributed by atoms with Gasteiger partial charge in [-0.1, -0.05) is 20.8 Å². The molecular formula is C13H24ClN5S. The smallest absolute Gasteiger partial charge is 0.228 e. The highest BCUT2D eigenvalue weighted by molar-refractivity contribution is 8.00. The lowest BCUT2D eigenvalue weighted by Crippen LogP contribution is -2.32. The summed E-state index contributed by atoms with van der Waals surface area (Å²) in [5.74, 6) is 1.06. The fraction of sp³-hybridized carbons (Fsp3) is 0.769. The summed E-state index contributed by atoms with van der Waals surface area (Å²) in [6, 6.07) is 0. The van der Waals surface area contributed by atoms with Crippen LogP contribution >= 0.6 is 23.4 Å². The zero-order valence-corrected chi connectivity index (χ0v) is 14.2. The molecule has 5 nitrogen and oxygen atoms in total. The second kappa shape index (κ2) is 8.52. The van der Waals surface area contributed by atoms with Gasteiger partial charge < -0.3 is 10.6 Å². The van der Waals surface area contributed by atoms with Crippen molar-refractivity contribution in [2.75, 3.05) is 30.0 Å². The van der Waals surface area contributed by atoms with Crippen molar-refractivity contribution in [3.63, 3.8) is 0 Å². The van der Waals surface area contributed by atoms with Crippen LogP contribution < -0.4 is 10.6 Å². The van der Waals surface area contributed by atoms with Gasteiger partial charge in [0.2, 0.25) is 17.2 Å². The Labute approximate surface area is 130 Å². The van der Waals surface area contributed by atoms with Crippen molar-refractivity contribution < 1.29 is 0 Å². The Morgan fingerprint density at radius 3 is 2.15 bits per heavy atom. The molecule has 1 heterocycles. The molecule has 1 rings (SSSR count). The Morgan fingerprint density at radius 2 is 1.65 bits per heavy atom. The van der Waals surface area contributed by atoms with Crippen LogP contribution in [0.1, 0.15) is 40.0 Å². The van der Waals surface area contributed by atoms with Gasteiger partial charge in [0.25, 0.3) is 0 Å². The van der Waals surface area contributed by atoms with Gasteiger partial charge in [-0.3, -0.25) is 0 Å². The molecule has 0 saturated heterocycles. The van der Waals surface area contributed by atoms with Gasteiger partial charge in [0.15, 0.2) is 0 Å². The minimum Gasteiger partial charge on any atom is -0.354 e. The minimum atomic E-state index is 0.204. The number of rotatable bonds is 9. The van der Waals surface area contributed by atoms with E-state index in [0.717, 1.165) is 32.4 Å². The van der Waals surface area contributed by atoms with Crippen molar-refractivity contribution in [1.29, 1.82) is 0 Å². The number of nitrogens with one attached hydrogen (secondary N) is 2. The van der Waals surface area contributed by atoms with Crippen LogP contribution in [-0.4, -0.2) is 39.0 Å². The number of thioether (sulfide) groups is 1. The Bertz CT molecular complexity index is 403. The molecule has 0 aliphatic carbocycles. The molecular weight excluding hydrogens is 294 g/mol. The standard InChI is InChI=1S/C13H24ClN5S/c1-5-8-15-11-17-10(14)18-12(19-11)16-9-13(6-2,7-3)20-4/h5-9H2,1-4H3,(H2,15,16,17,18,19). The second-order valence-corrected chi connectivity index (χ2v) is 6.24. The van der Waals surface area contributed by atoms with Crippen molar-refractivity contribution in [2.24, 2.45) is 0 Å². The first-order valence-corrected chi connectivity index (χ1v) is 8.63. The Balaban J connectivity index is 2.74. The van der Waals surface area contributed by atoms with Crippen molar-refractivity contribution in [1.82, 2.24) is 15.0 Å². The van der Waals surface area contributed by atoms with Crippen LogP contribution in [0.2, 0.25) is 5.28 Å². The number of hydrogen-bond acceptors (Lipinski definition) is 6. The van der Waals surface area contributed by atoms with Crippen LogP contribution in [0.4, 0.5) is 11.9 Å². The van der Waals surface area contributed by atoms with E-state index in [1.54, 1.807) is 0 Å². The van der Waals surface area contributed by atoms with Gasteiger partial charge in [0, 0.05) is 17.8 Å². The van der Waals surface area contributed by atoms with Crippen molar-refractivity contribution >= 4 is 35.3 Å². The van der Waals surface area contributed by atoms with Crippen molar-refractivity contribution in [2.45, 2.75) is 44.8 Å². The molecule has 0 bridgehead atoms. The molecule has 0 spiro atoms. The van der Waals surface area contributed by atoms with E-state index in [-0.39, 0.29) is 10.0 Å². The molecule has 114 valence electrons. The molecule has 0 radical (unpaired) electrons. The van der Waals surface area contributed by atoms with E-state index >= 15 is 0 Å². The topological polar surface area (TPSA) is 62.7 Å². The van der Waals surface area contributed by atoms with Gasteiger partial charge in [-0.05, 0) is 37.1 Å². The summed E-state index contributed by atoms with van der Waals surface area (Å²) < 4.78 is 0.204. The highest BCUT2D eigenvalue weighted by atomic mass is 35.5. The molecule has 2 N–H and O–H groups in total. The summed E-state index contributed by atoms with van der Waals surface area (Å²) in [6.45, 7) is 8.13. The predicted octanol–water partition coefficient (Wildman–Crippen LogP) is 3.68. The normalized spacial score (nSPS) is 11.4. The number of anilines is 2. The Hall–Kier alpha value is -0.750. The fourth-order valence-electron chi connectivity index (χ4n) is 1.85. The van der Waals surface area contributed by atoms with E-state index in [9.17, 15) is 0 Å². The number of aromatic nitrogens is 3. The minimum absolute atomic E-state index is 0.204. The molecule has 0 aromatic carbocycles. The van der Waals surface area contributed by atoms with E-state index in [1.165, 1.54) is 0 Å². The first kappa shape index (κ1) is 17.3. The molecule has 0 aliphatic rings. The Kier molecular flexibility index (Phi) is 7.37. The van der Waals surface area contributed by atoms with Gasteiger partial charge in [-0.15, -0.1) is 0 Å². The average Bonchev–Trinajstić information content (AvgIpc) is 2.47. The third-order valence-electron chi connectivity index (χ3n) is 3.43. The number of halogens is 1. The maximum absolute atomic E-state index is 5.93. The molecule has 1 aromatic heterocycles. The average molecular weight is 318 g/mol. The second-order valence-electron chi connectivity index (χ2n) is 4.63. The molecule has 7 heteroatoms. The van der Waals surface area contributed by atoms with Gasteiger partial charge in [-0.2, -0.15) is 26.7 Å². The van der Waals surface area contributed by atoms with Crippen LogP contribution in [0, 0.1) is 0 Å². The fourth-order valence-corrected chi connectivity index (χ4v) is 2.80. The quantitative estimate of drug-likeness (QED) is 0.724. The van der Waals surface area contributed by atoms with Gasteiger partial charge >= 0.3 is 0 Å². The maximum Gasteiger partial charge on any atom is 0.228 e. The van der Waals surface area contributed by atoms with Gasteiger partial charge in [-0.25, -0.2) is 0 Å². The third-order valence-corrected chi connectivity index (χ3v) is 5.19. The van der Waals surface area contributed by atoms with Crippen LogP contribution in [0.15, 0.2) is 0 Å². The maximum atomic E-state index is 5.93. The van der Waals surface area contributed by atoms with Crippen LogP contribution in [0.5, 0.6) is 0 Å². The van der Waals surface area contributed by atoms with Crippen LogP contribution in [0.3, 0.4) is 0 Å². The molecule has 0 amide bonds. The van der Waals surface area contributed by atoms with E-state index in [1.807, 2.05) is 11.8 Å². The summed E-state index contributed by atoms with van der Waals surface area (Å²) >= 11 is 7.81. The molecule has 0 unspecified atom stereocenters. The lowest BCUT2D eigenvalue weighted by atomic mass is 10.0. The highest BCUT2D eigenvalue weighted by Crippen LogP contribution is 2.30. The van der Waals surface area contributed by atoms with Crippen LogP contribution in [0.25, 0.3) is 0 Å². The first-order valence-electron chi connectivity index (χ1n) is 7.03. The summed E-state index contributed by atoms with van der Waals surface area (Å²) in [6.07, 6.45) is 5.34. The first-order chi connectivity index (χ1) is 9.59. The lowest BCUT2D eigenvalue weighted by Gasteiger charge is -2.29. The largest absolute Gasteiger partial charge is 0.354 e. The van der Waals surface area contributed by atoms with Crippen molar-refractivity contribution in [3.8, 4) is 0 Å². The Morgan fingerprint density at radius 1 is 1.05 bits per heavy atom. The van der Waals surface area contributed by atoms with Gasteiger partial charge in [0.1, 0.15) is 0 Å². The zero-order chi connectivity index (χ0) is 15.0. The molecule has 0 saturated carbocycles. The SMILES string of the molecule is CCCNc1nc(Cl)nc(NCC(CC)(CC)SC)n1. The summed E-state index contributed by atoms with van der Waals surface area (Å²) in [5.41, 5.74) is 0. The van der Waals surface area contributed by atoms with Gasteiger partial charge in [0.05, 0.1) is 0 Å². The number of nitrogens with zero attached hydrogens (tertiary/aromatic N) is 3. The van der Waals surface area contributed by atoms with E-state index in [0.29, 0.717) is 11.9 Å². The predicted molar refractivity (Wildman–Crippen MR) is 88.9 cm³/mol. The summed E-state index contributed by atoms with van der Waals surface area (Å²) in [4.78, 5) is 12.5. The molecule has 0 fully saturated rings. The van der Waals surface area contributed by atoms with E-state index in [4.69, 9.17) is 11.6 Å². The van der Waals surface area contributed by atoms with Crippen molar-refractivity contribution in [3.05, 3.63) is 5.28 Å². The summed E-state index contributed by atoms with van der Waals surface area (Å²) in [5, 5.41) is 6.62. The highest BCUT2D eigenvalue weighted by Gasteiger charge is 2.25. The zero-order valence-electron chi connectivity index (χ0n) is 12.7. The van der Waals surface area contributed by atoms with Crippen LogP contribution in [-0.2, 0) is 0 Å². The lowest BCUT2D eigenvalue weighted by molar-refractivity contribution is 0.573. The van der Waals surface area contributed by atoms with E-state index < -0.39 is 0 Å². The monoisotopic (exact) mass is 317 g/mol.